The highest BCUT2D eigenvalue weighted by Gasteiger charge is 2.26. The van der Waals surface area contributed by atoms with Crippen molar-refractivity contribution < 1.29 is 4.42 Å². The quantitative estimate of drug-likeness (QED) is 0.833. The monoisotopic (exact) mass is 344 g/mol. The molecule has 24 heavy (non-hydrogen) atoms. The molecule has 3 rings (SSSR count). The van der Waals surface area contributed by atoms with Crippen molar-refractivity contribution >= 4 is 28.3 Å². The van der Waals surface area contributed by atoms with Gasteiger partial charge in [-0.2, -0.15) is 0 Å². The smallest absolute Gasteiger partial charge is 0.206 e. The largest absolute Gasteiger partial charge is 0.455 e. The minimum Gasteiger partial charge on any atom is -0.455 e. The molecule has 1 aliphatic rings. The molecule has 1 aliphatic heterocycles. The van der Waals surface area contributed by atoms with Gasteiger partial charge in [0, 0.05) is 0 Å². The van der Waals surface area contributed by atoms with E-state index < -0.39 is 0 Å². The molecular weight excluding hydrogens is 320 g/mol. The van der Waals surface area contributed by atoms with Gasteiger partial charge < -0.3 is 4.42 Å². The Balaban J connectivity index is 1.94. The molecule has 0 amide bonds. The summed E-state index contributed by atoms with van der Waals surface area (Å²) in [6.45, 7) is 10.5. The Bertz CT molecular complexity index is 824. The minimum atomic E-state index is 0.0617. The molecule has 1 aromatic carbocycles. The summed E-state index contributed by atoms with van der Waals surface area (Å²) in [7, 11) is 0. The van der Waals surface area contributed by atoms with E-state index >= 15 is 0 Å². The lowest BCUT2D eigenvalue weighted by molar-refractivity contribution is 0.198. The lowest BCUT2D eigenvalue weighted by Gasteiger charge is -2.31. The van der Waals surface area contributed by atoms with E-state index in [4.69, 9.17) is 4.42 Å². The van der Waals surface area contributed by atoms with Gasteiger partial charge in [0.25, 0.3) is 0 Å². The third-order valence-corrected chi connectivity index (χ3v) is 5.66. The number of nitrogens with zero attached hydrogens (tertiary/aromatic N) is 1. The topological polar surface area (TPSA) is 45.5 Å². The first kappa shape index (κ1) is 17.3. The van der Waals surface area contributed by atoms with Crippen molar-refractivity contribution in [2.45, 2.75) is 44.1 Å². The van der Waals surface area contributed by atoms with E-state index in [9.17, 15) is 4.79 Å². The van der Waals surface area contributed by atoms with Crippen LogP contribution in [0.25, 0.3) is 16.5 Å². The van der Waals surface area contributed by atoms with E-state index in [1.54, 1.807) is 11.8 Å². The summed E-state index contributed by atoms with van der Waals surface area (Å²) in [5, 5.41) is 4.31. The molecule has 0 saturated carbocycles. The zero-order valence-electron chi connectivity index (χ0n) is 14.6. The molecule has 0 bridgehead atoms. The van der Waals surface area contributed by atoms with Crippen LogP contribution in [0.2, 0.25) is 0 Å². The van der Waals surface area contributed by atoms with Crippen molar-refractivity contribution in [1.82, 2.24) is 10.2 Å². The maximum atomic E-state index is 12.8. The summed E-state index contributed by atoms with van der Waals surface area (Å²) < 4.78 is 5.99. The van der Waals surface area contributed by atoms with Crippen LogP contribution < -0.4 is 10.7 Å². The third kappa shape index (κ3) is 3.16. The van der Waals surface area contributed by atoms with Gasteiger partial charge in [-0.05, 0) is 44.6 Å². The highest BCUT2D eigenvalue weighted by Crippen LogP contribution is 2.36. The number of para-hydroxylation sites is 1. The molecule has 1 aromatic heterocycles. The SMILES string of the molecule is CCN(CC)C(C)NC1C=C(C)c2oc3ccccc3c(=O)c2S1. The van der Waals surface area contributed by atoms with E-state index in [-0.39, 0.29) is 17.0 Å². The van der Waals surface area contributed by atoms with Gasteiger partial charge in [0.15, 0.2) is 0 Å². The summed E-state index contributed by atoms with van der Waals surface area (Å²) >= 11 is 1.55. The van der Waals surface area contributed by atoms with E-state index in [0.717, 1.165) is 18.7 Å². The molecule has 5 heteroatoms. The molecule has 4 nitrogen and oxygen atoms in total. The molecular formula is C19H24N2O2S. The summed E-state index contributed by atoms with van der Waals surface area (Å²) in [4.78, 5) is 15.9. The summed E-state index contributed by atoms with van der Waals surface area (Å²) in [6.07, 6.45) is 2.39. The van der Waals surface area contributed by atoms with Gasteiger partial charge in [-0.25, -0.2) is 0 Å². The van der Waals surface area contributed by atoms with E-state index in [1.165, 1.54) is 0 Å². The fourth-order valence-electron chi connectivity index (χ4n) is 3.15. The Hall–Kier alpha value is -1.56. The molecule has 128 valence electrons. The number of hydrogen-bond acceptors (Lipinski definition) is 5. The van der Waals surface area contributed by atoms with Crippen LogP contribution in [0.1, 0.15) is 33.5 Å². The van der Waals surface area contributed by atoms with Crippen LogP contribution in [0.3, 0.4) is 0 Å². The molecule has 1 N–H and O–H groups in total. The molecule has 0 spiro atoms. The van der Waals surface area contributed by atoms with Gasteiger partial charge in [0.1, 0.15) is 16.2 Å². The van der Waals surface area contributed by atoms with Crippen LogP contribution in [0.5, 0.6) is 0 Å². The number of thioether (sulfide) groups is 1. The zero-order valence-corrected chi connectivity index (χ0v) is 15.4. The van der Waals surface area contributed by atoms with E-state index in [1.807, 2.05) is 31.2 Å². The summed E-state index contributed by atoms with van der Waals surface area (Å²) in [5.74, 6) is 0.706. The average Bonchev–Trinajstić information content (AvgIpc) is 2.57. The van der Waals surface area contributed by atoms with Gasteiger partial charge in [-0.15, -0.1) is 0 Å². The number of nitrogens with one attached hydrogen (secondary N) is 1. The van der Waals surface area contributed by atoms with Gasteiger partial charge >= 0.3 is 0 Å². The molecule has 2 heterocycles. The average molecular weight is 344 g/mol. The highest BCUT2D eigenvalue weighted by molar-refractivity contribution is 8.00. The Kier molecular flexibility index (Phi) is 5.13. The Morgan fingerprint density at radius 1 is 1.29 bits per heavy atom. The Morgan fingerprint density at radius 3 is 2.71 bits per heavy atom. The maximum absolute atomic E-state index is 12.8. The Labute approximate surface area is 146 Å². The van der Waals surface area contributed by atoms with Crippen molar-refractivity contribution in [3.63, 3.8) is 0 Å². The van der Waals surface area contributed by atoms with Crippen LogP contribution in [0, 0.1) is 0 Å². The molecule has 0 radical (unpaired) electrons. The first-order valence-corrected chi connectivity index (χ1v) is 9.34. The molecule has 0 fully saturated rings. The van der Waals surface area contributed by atoms with Gasteiger partial charge in [-0.1, -0.05) is 43.8 Å². The van der Waals surface area contributed by atoms with Gasteiger partial charge in [0.05, 0.1) is 16.9 Å². The summed E-state index contributed by atoms with van der Waals surface area (Å²) in [5.41, 5.74) is 1.72. The number of benzene rings is 1. The second-order valence-corrected chi connectivity index (χ2v) is 7.19. The van der Waals surface area contributed by atoms with Crippen molar-refractivity contribution in [2.75, 3.05) is 13.1 Å². The minimum absolute atomic E-state index is 0.0617. The molecule has 0 saturated heterocycles. The Morgan fingerprint density at radius 2 is 2.00 bits per heavy atom. The van der Waals surface area contributed by atoms with Crippen LogP contribution in [0.4, 0.5) is 0 Å². The van der Waals surface area contributed by atoms with Crippen molar-refractivity contribution in [3.05, 3.63) is 46.3 Å². The predicted molar refractivity (Wildman–Crippen MR) is 101 cm³/mol. The maximum Gasteiger partial charge on any atom is 0.206 e. The normalized spacial score (nSPS) is 18.5. The number of rotatable bonds is 5. The zero-order chi connectivity index (χ0) is 17.3. The number of allylic oxidation sites excluding steroid dienone is 1. The van der Waals surface area contributed by atoms with Crippen molar-refractivity contribution in [1.29, 1.82) is 0 Å². The number of hydrogen-bond donors (Lipinski definition) is 1. The van der Waals surface area contributed by atoms with E-state index in [2.05, 4.69) is 37.1 Å². The highest BCUT2D eigenvalue weighted by atomic mass is 32.2. The fourth-order valence-corrected chi connectivity index (χ4v) is 4.47. The molecule has 2 atom stereocenters. The third-order valence-electron chi connectivity index (χ3n) is 4.53. The molecule has 2 aromatic rings. The first-order valence-electron chi connectivity index (χ1n) is 8.46. The van der Waals surface area contributed by atoms with Crippen molar-refractivity contribution in [2.24, 2.45) is 0 Å². The standard InChI is InChI=1S/C19H24N2O2S/c1-5-21(6-2)13(4)20-16-11-12(3)18-19(24-16)17(22)14-9-7-8-10-15(14)23-18/h7-11,13,16,20H,5-6H2,1-4H3. The first-order chi connectivity index (χ1) is 11.5. The molecule has 2 unspecified atom stereocenters. The van der Waals surface area contributed by atoms with E-state index in [0.29, 0.717) is 21.6 Å². The second-order valence-electron chi connectivity index (χ2n) is 6.04. The predicted octanol–water partition coefficient (Wildman–Crippen LogP) is 3.91. The van der Waals surface area contributed by atoms with Crippen LogP contribution in [0.15, 0.2) is 44.4 Å². The van der Waals surface area contributed by atoms with Crippen LogP contribution in [-0.4, -0.2) is 29.5 Å². The van der Waals surface area contributed by atoms with Gasteiger partial charge in [-0.3, -0.25) is 15.0 Å². The lowest BCUT2D eigenvalue weighted by Crippen LogP contribution is -2.46. The fraction of sp³-hybridized carbons (Fsp3) is 0.421. The van der Waals surface area contributed by atoms with Crippen LogP contribution in [-0.2, 0) is 0 Å². The van der Waals surface area contributed by atoms with Crippen LogP contribution >= 0.6 is 11.8 Å². The van der Waals surface area contributed by atoms with Gasteiger partial charge in [0.2, 0.25) is 5.43 Å². The number of fused-ring (bicyclic) bond motifs is 2. The second kappa shape index (κ2) is 7.13. The lowest BCUT2D eigenvalue weighted by atomic mass is 10.1. The summed E-state index contributed by atoms with van der Waals surface area (Å²) in [6, 6.07) is 7.45. The molecule has 0 aliphatic carbocycles. The van der Waals surface area contributed by atoms with Crippen molar-refractivity contribution in [3.8, 4) is 0 Å².